The SMILES string of the molecule is C=C(C)C(=O)OCCNC(=O)CNCCC[Si](CCCNC(=O)NCCOC(=O)C(=C)C)(OCC)OCC. The second-order valence-electron chi connectivity index (χ2n) is 8.53. The molecule has 0 spiro atoms. The molecule has 0 unspecified atom stereocenters. The first-order valence-electron chi connectivity index (χ1n) is 13.0. The molecule has 0 radical (unpaired) electrons. The van der Waals surface area contributed by atoms with Crippen molar-refractivity contribution < 1.29 is 37.5 Å². The predicted molar refractivity (Wildman–Crippen MR) is 147 cm³/mol. The topological polar surface area (TPSA) is 153 Å². The Labute approximate surface area is 227 Å². The van der Waals surface area contributed by atoms with Crippen LogP contribution >= 0.6 is 0 Å². The van der Waals surface area contributed by atoms with Crippen LogP contribution in [0.4, 0.5) is 4.79 Å². The molecule has 0 aromatic carbocycles. The van der Waals surface area contributed by atoms with Gasteiger partial charge in [0.05, 0.1) is 19.6 Å². The molecule has 38 heavy (non-hydrogen) atoms. The fourth-order valence-corrected chi connectivity index (χ4v) is 6.63. The van der Waals surface area contributed by atoms with Crippen molar-refractivity contribution in [1.29, 1.82) is 0 Å². The van der Waals surface area contributed by atoms with Crippen molar-refractivity contribution >= 4 is 32.4 Å². The zero-order chi connectivity index (χ0) is 28.8. The van der Waals surface area contributed by atoms with E-state index in [4.69, 9.17) is 18.3 Å². The first-order chi connectivity index (χ1) is 18.1. The third-order valence-electron chi connectivity index (χ3n) is 5.01. The van der Waals surface area contributed by atoms with E-state index in [2.05, 4.69) is 34.4 Å². The van der Waals surface area contributed by atoms with Crippen LogP contribution in [-0.2, 0) is 32.7 Å². The van der Waals surface area contributed by atoms with E-state index in [0.717, 1.165) is 12.5 Å². The van der Waals surface area contributed by atoms with Crippen LogP contribution in [0.2, 0.25) is 12.1 Å². The van der Waals surface area contributed by atoms with Gasteiger partial charge < -0.3 is 39.6 Å². The predicted octanol–water partition coefficient (Wildman–Crippen LogP) is 1.53. The van der Waals surface area contributed by atoms with Crippen LogP contribution in [0.1, 0.15) is 40.5 Å². The smallest absolute Gasteiger partial charge is 0.338 e. The van der Waals surface area contributed by atoms with Gasteiger partial charge in [0.25, 0.3) is 0 Å². The van der Waals surface area contributed by atoms with Gasteiger partial charge in [-0.3, -0.25) is 4.79 Å². The van der Waals surface area contributed by atoms with E-state index in [-0.39, 0.29) is 44.8 Å². The molecule has 13 heteroatoms. The monoisotopic (exact) mass is 558 g/mol. The maximum atomic E-state index is 11.9. The van der Waals surface area contributed by atoms with Crippen LogP contribution in [-0.4, -0.2) is 91.6 Å². The molecule has 0 atom stereocenters. The van der Waals surface area contributed by atoms with E-state index in [1.807, 2.05) is 13.8 Å². The summed E-state index contributed by atoms with van der Waals surface area (Å²) in [6.07, 6.45) is 1.46. The quantitative estimate of drug-likeness (QED) is 0.0670. The summed E-state index contributed by atoms with van der Waals surface area (Å²) in [7, 11) is -2.48. The molecule has 0 heterocycles. The summed E-state index contributed by atoms with van der Waals surface area (Å²) in [5.74, 6) is -1.16. The van der Waals surface area contributed by atoms with Crippen molar-refractivity contribution in [1.82, 2.24) is 21.3 Å². The standard InChI is InChI=1S/C25H46N4O8Si/c1-7-36-38(37-8-2,18-10-12-28-25(33)29-14-16-35-24(32)21(5)6)17-9-11-26-19-22(30)27-13-15-34-23(31)20(3)4/h26H,3,5,7-19H2,1-2,4,6H3,(H,27,30)(H2,28,29,33). The van der Waals surface area contributed by atoms with Crippen molar-refractivity contribution in [2.24, 2.45) is 0 Å². The number of rotatable bonds is 22. The number of esters is 2. The molecule has 0 saturated heterocycles. The maximum absolute atomic E-state index is 11.9. The minimum Gasteiger partial charge on any atom is -0.460 e. The van der Waals surface area contributed by atoms with Crippen molar-refractivity contribution in [3.63, 3.8) is 0 Å². The summed E-state index contributed by atoms with van der Waals surface area (Å²) in [4.78, 5) is 46.5. The highest BCUT2D eigenvalue weighted by molar-refractivity contribution is 6.67. The van der Waals surface area contributed by atoms with Gasteiger partial charge in [0.2, 0.25) is 5.91 Å². The second kappa shape index (κ2) is 21.2. The van der Waals surface area contributed by atoms with Gasteiger partial charge in [-0.25, -0.2) is 14.4 Å². The van der Waals surface area contributed by atoms with Crippen molar-refractivity contribution in [3.8, 4) is 0 Å². The Morgan fingerprint density at radius 3 is 1.68 bits per heavy atom. The normalized spacial score (nSPS) is 10.8. The fourth-order valence-electron chi connectivity index (χ4n) is 3.24. The Kier molecular flexibility index (Phi) is 19.7. The van der Waals surface area contributed by atoms with Crippen molar-refractivity contribution in [2.75, 3.05) is 59.2 Å². The molecule has 0 aliphatic carbocycles. The first-order valence-corrected chi connectivity index (χ1v) is 15.2. The van der Waals surface area contributed by atoms with Crippen molar-refractivity contribution in [2.45, 2.75) is 52.6 Å². The van der Waals surface area contributed by atoms with Gasteiger partial charge in [-0.2, -0.15) is 0 Å². The summed E-state index contributed by atoms with van der Waals surface area (Å²) in [6, 6.07) is 1.13. The number of ether oxygens (including phenoxy) is 2. The average Bonchev–Trinajstić information content (AvgIpc) is 2.86. The fraction of sp³-hybridized carbons (Fsp3) is 0.680. The lowest BCUT2D eigenvalue weighted by Crippen LogP contribution is -2.44. The zero-order valence-corrected chi connectivity index (χ0v) is 24.4. The molecule has 0 aromatic rings. The lowest BCUT2D eigenvalue weighted by molar-refractivity contribution is -0.139. The van der Waals surface area contributed by atoms with E-state index >= 15 is 0 Å². The van der Waals surface area contributed by atoms with Gasteiger partial charge in [-0.05, 0) is 59.2 Å². The molecule has 12 nitrogen and oxygen atoms in total. The number of carbonyl (C=O) groups is 4. The van der Waals surface area contributed by atoms with Gasteiger partial charge in [0.15, 0.2) is 0 Å². The molecule has 0 saturated carbocycles. The molecule has 0 aliphatic heterocycles. The van der Waals surface area contributed by atoms with E-state index in [9.17, 15) is 19.2 Å². The lowest BCUT2D eigenvalue weighted by atomic mass is 10.4. The Morgan fingerprint density at radius 1 is 0.711 bits per heavy atom. The number of hydrogen-bond donors (Lipinski definition) is 4. The second-order valence-corrected chi connectivity index (χ2v) is 11.9. The Balaban J connectivity index is 4.26. The zero-order valence-electron chi connectivity index (χ0n) is 23.4. The molecule has 3 amide bonds. The summed E-state index contributed by atoms with van der Waals surface area (Å²) in [5.41, 5.74) is 0.622. The molecule has 0 aromatic heterocycles. The van der Waals surface area contributed by atoms with E-state index in [1.165, 1.54) is 0 Å². The van der Waals surface area contributed by atoms with Crippen LogP contribution in [0.3, 0.4) is 0 Å². The molecule has 0 bridgehead atoms. The first kappa shape index (κ1) is 35.3. The average molecular weight is 559 g/mol. The minimum atomic E-state index is -2.48. The molecule has 0 fully saturated rings. The highest BCUT2D eigenvalue weighted by atomic mass is 28.4. The van der Waals surface area contributed by atoms with E-state index in [1.54, 1.807) is 13.8 Å². The summed E-state index contributed by atoms with van der Waals surface area (Å²) >= 11 is 0. The highest BCUT2D eigenvalue weighted by Crippen LogP contribution is 2.22. The van der Waals surface area contributed by atoms with E-state index < -0.39 is 20.5 Å². The summed E-state index contributed by atoms with van der Waals surface area (Å²) in [5, 5.41) is 11.2. The van der Waals surface area contributed by atoms with Crippen LogP contribution < -0.4 is 21.3 Å². The molecular formula is C25H46N4O8Si. The minimum absolute atomic E-state index is 0.0738. The number of amides is 3. The van der Waals surface area contributed by atoms with Gasteiger partial charge in [-0.15, -0.1) is 0 Å². The Bertz CT molecular complexity index is 772. The van der Waals surface area contributed by atoms with Gasteiger partial charge in [0, 0.05) is 30.9 Å². The van der Waals surface area contributed by atoms with Gasteiger partial charge in [0.1, 0.15) is 13.2 Å². The number of nitrogens with one attached hydrogen (secondary N) is 4. The molecule has 4 N–H and O–H groups in total. The third kappa shape index (κ3) is 17.7. The maximum Gasteiger partial charge on any atom is 0.338 e. The van der Waals surface area contributed by atoms with E-state index in [0.29, 0.717) is 49.9 Å². The number of carbonyl (C=O) groups excluding carboxylic acids is 4. The molecule has 0 rings (SSSR count). The van der Waals surface area contributed by atoms with Crippen LogP contribution in [0.15, 0.2) is 24.3 Å². The Hall–Kier alpha value is -2.74. The summed E-state index contributed by atoms with van der Waals surface area (Å²) < 4.78 is 22.1. The van der Waals surface area contributed by atoms with Gasteiger partial charge >= 0.3 is 26.5 Å². The summed E-state index contributed by atoms with van der Waals surface area (Å²) in [6.45, 7) is 16.9. The third-order valence-corrected chi connectivity index (χ3v) is 8.87. The highest BCUT2D eigenvalue weighted by Gasteiger charge is 2.35. The van der Waals surface area contributed by atoms with Crippen LogP contribution in [0, 0.1) is 0 Å². The van der Waals surface area contributed by atoms with Gasteiger partial charge in [-0.1, -0.05) is 13.2 Å². The van der Waals surface area contributed by atoms with Crippen LogP contribution in [0.25, 0.3) is 0 Å². The largest absolute Gasteiger partial charge is 0.460 e. The number of hydrogen-bond acceptors (Lipinski definition) is 9. The molecule has 0 aliphatic rings. The number of urea groups is 1. The lowest BCUT2D eigenvalue weighted by Gasteiger charge is -2.30. The van der Waals surface area contributed by atoms with Crippen LogP contribution in [0.5, 0.6) is 0 Å². The molecule has 218 valence electrons. The Morgan fingerprint density at radius 2 is 1.18 bits per heavy atom. The van der Waals surface area contributed by atoms with Crippen molar-refractivity contribution in [3.05, 3.63) is 24.3 Å². The molecular weight excluding hydrogens is 512 g/mol.